The highest BCUT2D eigenvalue weighted by Gasteiger charge is 2.24. The van der Waals surface area contributed by atoms with Crippen molar-refractivity contribution in [2.45, 2.75) is 78.6 Å². The lowest BCUT2D eigenvalue weighted by Crippen LogP contribution is -2.24. The van der Waals surface area contributed by atoms with Gasteiger partial charge in [-0.1, -0.05) is 39.7 Å². The van der Waals surface area contributed by atoms with Gasteiger partial charge in [0.1, 0.15) is 0 Å². The summed E-state index contributed by atoms with van der Waals surface area (Å²) in [6, 6.07) is 0. The summed E-state index contributed by atoms with van der Waals surface area (Å²) in [5.41, 5.74) is 7.06. The van der Waals surface area contributed by atoms with Crippen molar-refractivity contribution >= 4 is 5.78 Å². The normalized spacial score (nSPS) is 18.9. The van der Waals surface area contributed by atoms with E-state index in [4.69, 9.17) is 5.73 Å². The van der Waals surface area contributed by atoms with Crippen molar-refractivity contribution in [1.29, 1.82) is 0 Å². The third-order valence-electron chi connectivity index (χ3n) is 4.61. The van der Waals surface area contributed by atoms with Crippen LogP contribution in [0.3, 0.4) is 0 Å². The first kappa shape index (κ1) is 17.4. The van der Waals surface area contributed by atoms with Gasteiger partial charge in [0, 0.05) is 6.42 Å². The monoisotopic (exact) mass is 279 g/mol. The van der Waals surface area contributed by atoms with Gasteiger partial charge in [-0.25, -0.2) is 0 Å². The molecule has 0 radical (unpaired) electrons. The minimum absolute atomic E-state index is 0.245. The van der Waals surface area contributed by atoms with Crippen molar-refractivity contribution < 1.29 is 4.79 Å². The average Bonchev–Trinajstić information content (AvgIpc) is 2.32. The summed E-state index contributed by atoms with van der Waals surface area (Å²) in [6.07, 6.45) is 12.0. The molecular weight excluding hydrogens is 246 g/mol. The van der Waals surface area contributed by atoms with Crippen molar-refractivity contribution in [3.63, 3.8) is 0 Å². The van der Waals surface area contributed by atoms with Gasteiger partial charge in [-0.3, -0.25) is 4.79 Å². The Bertz CT molecular complexity index is 325. The molecule has 0 saturated heterocycles. The second-order valence-corrected chi connectivity index (χ2v) is 7.28. The molecule has 1 aliphatic rings. The third-order valence-corrected chi connectivity index (χ3v) is 4.61. The lowest BCUT2D eigenvalue weighted by atomic mass is 9.75. The zero-order valence-electron chi connectivity index (χ0n) is 13.7. The highest BCUT2D eigenvalue weighted by atomic mass is 16.1. The molecule has 1 unspecified atom stereocenters. The number of ketones is 1. The summed E-state index contributed by atoms with van der Waals surface area (Å²) in [5.74, 6) is 0.934. The first-order valence-electron chi connectivity index (χ1n) is 8.37. The minimum Gasteiger partial charge on any atom is -0.330 e. The molecule has 2 nitrogen and oxygen atoms in total. The highest BCUT2D eigenvalue weighted by Crippen LogP contribution is 2.32. The van der Waals surface area contributed by atoms with Gasteiger partial charge < -0.3 is 5.73 Å². The molecule has 2 N–H and O–H groups in total. The maximum Gasteiger partial charge on any atom is 0.158 e. The quantitative estimate of drug-likeness (QED) is 0.770. The van der Waals surface area contributed by atoms with Gasteiger partial charge in [0.05, 0.1) is 0 Å². The van der Waals surface area contributed by atoms with Crippen molar-refractivity contribution in [3.8, 4) is 0 Å². The lowest BCUT2D eigenvalue weighted by molar-refractivity contribution is -0.116. The van der Waals surface area contributed by atoms with Gasteiger partial charge in [0.15, 0.2) is 5.78 Å². The second kappa shape index (κ2) is 8.61. The van der Waals surface area contributed by atoms with Crippen molar-refractivity contribution in [3.05, 3.63) is 11.6 Å². The maximum absolute atomic E-state index is 12.4. The molecule has 0 heterocycles. The van der Waals surface area contributed by atoms with Crippen LogP contribution in [-0.4, -0.2) is 12.3 Å². The zero-order chi connectivity index (χ0) is 15.0. The molecular formula is C18H33NO. The van der Waals surface area contributed by atoms with E-state index in [1.807, 2.05) is 0 Å². The summed E-state index contributed by atoms with van der Waals surface area (Å²) in [4.78, 5) is 12.4. The summed E-state index contributed by atoms with van der Waals surface area (Å²) >= 11 is 0. The van der Waals surface area contributed by atoms with Crippen LogP contribution in [0.15, 0.2) is 11.6 Å². The molecule has 1 rings (SSSR count). The van der Waals surface area contributed by atoms with E-state index in [1.165, 1.54) is 25.7 Å². The SMILES string of the molecule is CC(C)(C)C(CCN)CCC(=O)C1=CCCCCCC1. The van der Waals surface area contributed by atoms with E-state index in [0.29, 0.717) is 18.1 Å². The van der Waals surface area contributed by atoms with E-state index in [-0.39, 0.29) is 5.41 Å². The summed E-state index contributed by atoms with van der Waals surface area (Å²) in [7, 11) is 0. The van der Waals surface area contributed by atoms with E-state index in [1.54, 1.807) is 0 Å². The number of rotatable bonds is 6. The molecule has 0 saturated carbocycles. The molecule has 0 aromatic heterocycles. The topological polar surface area (TPSA) is 43.1 Å². The Balaban J connectivity index is 2.51. The van der Waals surface area contributed by atoms with E-state index in [2.05, 4.69) is 26.8 Å². The zero-order valence-corrected chi connectivity index (χ0v) is 13.7. The summed E-state index contributed by atoms with van der Waals surface area (Å²) < 4.78 is 0. The second-order valence-electron chi connectivity index (χ2n) is 7.28. The predicted molar refractivity (Wildman–Crippen MR) is 86.6 cm³/mol. The van der Waals surface area contributed by atoms with Crippen molar-refractivity contribution in [1.82, 2.24) is 0 Å². The number of hydrogen-bond acceptors (Lipinski definition) is 2. The smallest absolute Gasteiger partial charge is 0.158 e. The minimum atomic E-state index is 0.245. The van der Waals surface area contributed by atoms with Gasteiger partial charge in [0.2, 0.25) is 0 Å². The van der Waals surface area contributed by atoms with Crippen LogP contribution in [0.5, 0.6) is 0 Å². The fourth-order valence-corrected chi connectivity index (χ4v) is 3.12. The fraction of sp³-hybridized carbons (Fsp3) is 0.833. The number of carbonyl (C=O) groups is 1. The molecule has 0 aromatic rings. The van der Waals surface area contributed by atoms with Crippen LogP contribution in [-0.2, 0) is 4.79 Å². The number of hydrogen-bond donors (Lipinski definition) is 1. The fourth-order valence-electron chi connectivity index (χ4n) is 3.12. The highest BCUT2D eigenvalue weighted by molar-refractivity contribution is 5.95. The van der Waals surface area contributed by atoms with Crippen molar-refractivity contribution in [2.75, 3.05) is 6.54 Å². The van der Waals surface area contributed by atoms with Gasteiger partial charge in [-0.05, 0) is 62.0 Å². The Hall–Kier alpha value is -0.630. The lowest BCUT2D eigenvalue weighted by Gasteiger charge is -2.30. The Kier molecular flexibility index (Phi) is 7.50. The number of Topliss-reactive ketones (excluding diaryl/α,β-unsaturated/α-hetero) is 1. The van der Waals surface area contributed by atoms with Crippen LogP contribution in [0.2, 0.25) is 0 Å². The van der Waals surface area contributed by atoms with Crippen LogP contribution in [0.25, 0.3) is 0 Å². The van der Waals surface area contributed by atoms with Gasteiger partial charge in [-0.2, -0.15) is 0 Å². The third kappa shape index (κ3) is 6.21. The standard InChI is InChI=1S/C18H33NO/c1-18(2,3)16(13-14-19)11-12-17(20)15-9-7-5-4-6-8-10-15/h9,16H,4-8,10-14,19H2,1-3H3. The largest absolute Gasteiger partial charge is 0.330 e. The van der Waals surface area contributed by atoms with E-state index in [0.717, 1.165) is 37.8 Å². The Morgan fingerprint density at radius 1 is 1.20 bits per heavy atom. The van der Waals surface area contributed by atoms with Crippen molar-refractivity contribution in [2.24, 2.45) is 17.1 Å². The van der Waals surface area contributed by atoms with E-state index in [9.17, 15) is 4.79 Å². The molecule has 0 aliphatic heterocycles. The van der Waals surface area contributed by atoms with Gasteiger partial charge >= 0.3 is 0 Å². The number of nitrogens with two attached hydrogens (primary N) is 1. The number of allylic oxidation sites excluding steroid dienone is 2. The first-order chi connectivity index (χ1) is 9.45. The molecule has 0 spiro atoms. The first-order valence-corrected chi connectivity index (χ1v) is 8.37. The van der Waals surface area contributed by atoms with Crippen LogP contribution in [0, 0.1) is 11.3 Å². The Morgan fingerprint density at radius 2 is 1.90 bits per heavy atom. The van der Waals surface area contributed by atoms with E-state index >= 15 is 0 Å². The maximum atomic E-state index is 12.4. The molecule has 116 valence electrons. The Morgan fingerprint density at radius 3 is 2.55 bits per heavy atom. The molecule has 2 heteroatoms. The van der Waals surface area contributed by atoms with Crippen LogP contribution >= 0.6 is 0 Å². The predicted octanol–water partition coefficient (Wildman–Crippen LogP) is 4.63. The van der Waals surface area contributed by atoms with Crippen LogP contribution < -0.4 is 5.73 Å². The number of carbonyl (C=O) groups excluding carboxylic acids is 1. The molecule has 0 bridgehead atoms. The Labute approximate surface area is 125 Å². The molecule has 1 aliphatic carbocycles. The average molecular weight is 279 g/mol. The summed E-state index contributed by atoms with van der Waals surface area (Å²) in [6.45, 7) is 7.49. The molecule has 0 aromatic carbocycles. The molecule has 0 amide bonds. The molecule has 20 heavy (non-hydrogen) atoms. The van der Waals surface area contributed by atoms with Gasteiger partial charge in [-0.15, -0.1) is 0 Å². The molecule has 1 atom stereocenters. The molecule has 0 fully saturated rings. The van der Waals surface area contributed by atoms with Crippen LogP contribution in [0.4, 0.5) is 0 Å². The van der Waals surface area contributed by atoms with E-state index < -0.39 is 0 Å². The van der Waals surface area contributed by atoms with Gasteiger partial charge in [0.25, 0.3) is 0 Å². The summed E-state index contributed by atoms with van der Waals surface area (Å²) in [5, 5.41) is 0. The van der Waals surface area contributed by atoms with Crippen LogP contribution in [0.1, 0.15) is 78.6 Å².